The normalized spacial score (nSPS) is 16.4. The number of carboxylic acids is 1. The van der Waals surface area contributed by atoms with E-state index >= 15 is 0 Å². The Labute approximate surface area is 172 Å². The average molecular weight is 410 g/mol. The molecule has 1 unspecified atom stereocenters. The fraction of sp³-hybridized carbons (Fsp3) is 0.304. The first-order chi connectivity index (χ1) is 14.5. The Morgan fingerprint density at radius 2 is 1.97 bits per heavy atom. The molecule has 0 spiro atoms. The maximum Gasteiger partial charge on any atom is 0.354 e. The van der Waals surface area contributed by atoms with E-state index in [0.29, 0.717) is 23.3 Å². The van der Waals surface area contributed by atoms with Gasteiger partial charge in [-0.1, -0.05) is 30.3 Å². The summed E-state index contributed by atoms with van der Waals surface area (Å²) >= 11 is 0. The summed E-state index contributed by atoms with van der Waals surface area (Å²) < 4.78 is 22.7. The molecule has 156 valence electrons. The van der Waals surface area contributed by atoms with Gasteiger partial charge >= 0.3 is 11.6 Å². The minimum Gasteiger partial charge on any atom is -0.487 e. The molecule has 30 heavy (non-hydrogen) atoms. The van der Waals surface area contributed by atoms with Crippen LogP contribution in [-0.2, 0) is 11.3 Å². The van der Waals surface area contributed by atoms with Gasteiger partial charge in [-0.05, 0) is 37.5 Å². The van der Waals surface area contributed by atoms with Crippen LogP contribution < -0.4 is 15.1 Å². The highest BCUT2D eigenvalue weighted by Gasteiger charge is 2.25. The number of fused-ring (bicyclic) bond motifs is 1. The third-order valence-electron chi connectivity index (χ3n) is 5.06. The van der Waals surface area contributed by atoms with Crippen molar-refractivity contribution in [3.63, 3.8) is 0 Å². The van der Waals surface area contributed by atoms with Gasteiger partial charge < -0.3 is 23.7 Å². The molecular weight excluding hydrogens is 388 g/mol. The molecule has 3 aromatic rings. The number of carboxylic acid groups (broad SMARTS) is 1. The molecule has 2 heterocycles. The monoisotopic (exact) mass is 410 g/mol. The van der Waals surface area contributed by atoms with Gasteiger partial charge in [0.2, 0.25) is 0 Å². The maximum atomic E-state index is 12.5. The van der Waals surface area contributed by atoms with Gasteiger partial charge in [0.05, 0.1) is 12.0 Å². The topological polar surface area (TPSA) is 95.2 Å². The molecule has 0 radical (unpaired) electrons. The summed E-state index contributed by atoms with van der Waals surface area (Å²) in [6, 6.07) is 12.7. The molecule has 1 N–H and O–H groups in total. The number of carbonyl (C=O) groups is 1. The first-order valence-corrected chi connectivity index (χ1v) is 9.83. The van der Waals surface area contributed by atoms with Crippen molar-refractivity contribution < 1.29 is 28.5 Å². The van der Waals surface area contributed by atoms with Crippen LogP contribution in [0.3, 0.4) is 0 Å². The highest BCUT2D eigenvalue weighted by atomic mass is 16.7. The van der Waals surface area contributed by atoms with Gasteiger partial charge in [-0.3, -0.25) is 0 Å². The van der Waals surface area contributed by atoms with Crippen LogP contribution in [0.15, 0.2) is 51.7 Å². The summed E-state index contributed by atoms with van der Waals surface area (Å²) in [6.45, 7) is 2.52. The second-order valence-corrected chi connectivity index (χ2v) is 7.15. The van der Waals surface area contributed by atoms with Crippen molar-refractivity contribution in [1.29, 1.82) is 0 Å². The van der Waals surface area contributed by atoms with Crippen LogP contribution in [0.5, 0.6) is 11.5 Å². The predicted molar refractivity (Wildman–Crippen MR) is 109 cm³/mol. The van der Waals surface area contributed by atoms with Crippen molar-refractivity contribution in [2.75, 3.05) is 6.61 Å². The molecule has 7 nitrogen and oxygen atoms in total. The highest BCUT2D eigenvalue weighted by Crippen LogP contribution is 2.35. The van der Waals surface area contributed by atoms with Crippen LogP contribution in [0, 0.1) is 6.92 Å². The molecule has 4 rings (SSSR count). The maximum absolute atomic E-state index is 12.5. The molecule has 2 aromatic carbocycles. The quantitative estimate of drug-likeness (QED) is 0.606. The summed E-state index contributed by atoms with van der Waals surface area (Å²) in [7, 11) is 0. The minimum atomic E-state index is -1.40. The molecule has 1 saturated heterocycles. The van der Waals surface area contributed by atoms with Crippen LogP contribution in [0.25, 0.3) is 11.0 Å². The van der Waals surface area contributed by atoms with E-state index in [9.17, 15) is 14.7 Å². The first kappa shape index (κ1) is 20.0. The molecule has 0 aliphatic carbocycles. The standard InChI is InChI=1S/C23H22O7/c1-14-17(29-18-9-5-6-12-27-18)11-10-16-20(14)30-23(26)19(22(24)25)21(16)28-13-15-7-3-2-4-8-15/h2-4,7-8,10-11,18H,5-6,9,12-13H2,1H3,(H,24,25). The fourth-order valence-electron chi connectivity index (χ4n) is 3.49. The van der Waals surface area contributed by atoms with Gasteiger partial charge in [-0.25, -0.2) is 9.59 Å². The summed E-state index contributed by atoms with van der Waals surface area (Å²) in [5.74, 6) is -0.891. The van der Waals surface area contributed by atoms with Crippen LogP contribution in [0.1, 0.15) is 40.7 Å². The zero-order chi connectivity index (χ0) is 21.1. The van der Waals surface area contributed by atoms with Gasteiger partial charge in [0.15, 0.2) is 17.6 Å². The third kappa shape index (κ3) is 4.02. The van der Waals surface area contributed by atoms with Crippen LogP contribution in [0.4, 0.5) is 0 Å². The minimum absolute atomic E-state index is 0.0128. The average Bonchev–Trinajstić information content (AvgIpc) is 2.75. The summed E-state index contributed by atoms with van der Waals surface area (Å²) in [5.41, 5.74) is 0.178. The van der Waals surface area contributed by atoms with Crippen molar-refractivity contribution in [1.82, 2.24) is 0 Å². The summed E-state index contributed by atoms with van der Waals surface area (Å²) in [4.78, 5) is 24.2. The second-order valence-electron chi connectivity index (χ2n) is 7.15. The zero-order valence-corrected chi connectivity index (χ0v) is 16.6. The lowest BCUT2D eigenvalue weighted by molar-refractivity contribution is -0.106. The first-order valence-electron chi connectivity index (χ1n) is 9.83. The Morgan fingerprint density at radius 1 is 1.17 bits per heavy atom. The van der Waals surface area contributed by atoms with E-state index in [1.165, 1.54) is 0 Å². The van der Waals surface area contributed by atoms with Crippen LogP contribution >= 0.6 is 0 Å². The number of rotatable bonds is 6. The Balaban J connectivity index is 1.75. The fourth-order valence-corrected chi connectivity index (χ4v) is 3.49. The largest absolute Gasteiger partial charge is 0.487 e. The highest BCUT2D eigenvalue weighted by molar-refractivity contribution is 5.99. The molecular formula is C23H22O7. The number of ether oxygens (including phenoxy) is 3. The lowest BCUT2D eigenvalue weighted by Crippen LogP contribution is -2.25. The van der Waals surface area contributed by atoms with Crippen LogP contribution in [-0.4, -0.2) is 24.0 Å². The molecule has 1 aromatic heterocycles. The number of hydrogen-bond acceptors (Lipinski definition) is 6. The Bertz CT molecular complexity index is 1110. The lowest BCUT2D eigenvalue weighted by Gasteiger charge is -2.24. The Kier molecular flexibility index (Phi) is 5.72. The predicted octanol–water partition coefficient (Wildman–Crippen LogP) is 4.28. The van der Waals surface area contributed by atoms with Crippen molar-refractivity contribution in [2.45, 2.75) is 39.1 Å². The van der Waals surface area contributed by atoms with Crippen molar-refractivity contribution in [3.05, 3.63) is 69.6 Å². The molecule has 1 aliphatic rings. The third-order valence-corrected chi connectivity index (χ3v) is 5.06. The van der Waals surface area contributed by atoms with Crippen molar-refractivity contribution in [2.24, 2.45) is 0 Å². The smallest absolute Gasteiger partial charge is 0.354 e. The number of aryl methyl sites for hydroxylation is 1. The van der Waals surface area contributed by atoms with Gasteiger partial charge in [-0.2, -0.15) is 0 Å². The molecule has 0 saturated carbocycles. The van der Waals surface area contributed by atoms with Crippen molar-refractivity contribution >= 4 is 16.9 Å². The molecule has 0 bridgehead atoms. The Morgan fingerprint density at radius 3 is 2.67 bits per heavy atom. The molecule has 1 atom stereocenters. The van der Waals surface area contributed by atoms with Crippen LogP contribution in [0.2, 0.25) is 0 Å². The van der Waals surface area contributed by atoms with Crippen molar-refractivity contribution in [3.8, 4) is 11.5 Å². The summed E-state index contributed by atoms with van der Waals surface area (Å²) in [6.07, 6.45) is 2.45. The van der Waals surface area contributed by atoms with Gasteiger partial charge in [0.1, 0.15) is 17.9 Å². The van der Waals surface area contributed by atoms with E-state index < -0.39 is 17.2 Å². The summed E-state index contributed by atoms with van der Waals surface area (Å²) in [5, 5.41) is 9.96. The molecule has 1 aliphatic heterocycles. The molecule has 7 heteroatoms. The lowest BCUT2D eigenvalue weighted by atomic mass is 10.1. The number of benzene rings is 2. The van der Waals surface area contributed by atoms with E-state index in [-0.39, 0.29) is 24.2 Å². The van der Waals surface area contributed by atoms with E-state index in [0.717, 1.165) is 24.8 Å². The van der Waals surface area contributed by atoms with Gasteiger partial charge in [0, 0.05) is 12.0 Å². The van der Waals surface area contributed by atoms with Gasteiger partial charge in [0.25, 0.3) is 0 Å². The van der Waals surface area contributed by atoms with E-state index in [1.54, 1.807) is 19.1 Å². The number of hydrogen-bond donors (Lipinski definition) is 1. The zero-order valence-electron chi connectivity index (χ0n) is 16.6. The Hall–Kier alpha value is -3.32. The number of aromatic carboxylic acids is 1. The van der Waals surface area contributed by atoms with E-state index in [1.807, 2.05) is 30.3 Å². The van der Waals surface area contributed by atoms with Gasteiger partial charge in [-0.15, -0.1) is 0 Å². The molecule has 0 amide bonds. The molecule has 1 fully saturated rings. The van der Waals surface area contributed by atoms with E-state index in [2.05, 4.69) is 0 Å². The van der Waals surface area contributed by atoms with E-state index in [4.69, 9.17) is 18.6 Å². The second kappa shape index (κ2) is 8.59. The SMILES string of the molecule is Cc1c(OC2CCCCO2)ccc2c(OCc3ccccc3)c(C(=O)O)c(=O)oc12.